The molecule has 0 unspecified atom stereocenters. The van der Waals surface area contributed by atoms with Gasteiger partial charge in [-0.1, -0.05) is 0 Å². The number of hydrogen-bond acceptors (Lipinski definition) is 4. The van der Waals surface area contributed by atoms with Crippen LogP contribution in [0.3, 0.4) is 0 Å². The van der Waals surface area contributed by atoms with Crippen LogP contribution in [0.5, 0.6) is 0 Å². The monoisotopic (exact) mass is 343 g/mol. The standard InChI is InChI=1S/C15H22FN3O5/c16-9-3-12(19(5-9)15(23)24)13(21)17-10-4-11(7-20)18(6-10)14(22)8-1-2-8/h8-12,20H,1-7H2,(H,17,21)(H,23,24)/t9-,10+,11+,12-/m0/s1. The minimum absolute atomic E-state index is 0.00245. The minimum atomic E-state index is -1.35. The summed E-state index contributed by atoms with van der Waals surface area (Å²) in [5.74, 6) is -0.513. The first-order chi connectivity index (χ1) is 11.4. The van der Waals surface area contributed by atoms with Gasteiger partial charge in [0.1, 0.15) is 12.2 Å². The van der Waals surface area contributed by atoms with Crippen molar-refractivity contribution in [3.63, 3.8) is 0 Å². The highest BCUT2D eigenvalue weighted by molar-refractivity contribution is 5.86. The molecule has 0 spiro atoms. The van der Waals surface area contributed by atoms with Gasteiger partial charge in [-0.05, 0) is 19.3 Å². The SMILES string of the molecule is O=C(N[C@@H]1C[C@H](CO)N(C(=O)C2CC2)C1)[C@@H]1C[C@H](F)CN1C(=O)O. The number of aliphatic hydroxyl groups excluding tert-OH is 1. The van der Waals surface area contributed by atoms with Gasteiger partial charge in [0.2, 0.25) is 11.8 Å². The topological polar surface area (TPSA) is 110 Å². The number of hydrogen-bond donors (Lipinski definition) is 3. The maximum atomic E-state index is 13.5. The van der Waals surface area contributed by atoms with Gasteiger partial charge in [0.15, 0.2) is 0 Å². The van der Waals surface area contributed by atoms with Gasteiger partial charge >= 0.3 is 6.09 Å². The van der Waals surface area contributed by atoms with Crippen LogP contribution < -0.4 is 5.32 Å². The van der Waals surface area contributed by atoms with Gasteiger partial charge in [-0.15, -0.1) is 0 Å². The van der Waals surface area contributed by atoms with Crippen molar-refractivity contribution in [1.82, 2.24) is 15.1 Å². The van der Waals surface area contributed by atoms with Crippen LogP contribution in [0.1, 0.15) is 25.7 Å². The van der Waals surface area contributed by atoms with Crippen LogP contribution in [0.15, 0.2) is 0 Å². The minimum Gasteiger partial charge on any atom is -0.465 e. The molecule has 1 saturated carbocycles. The second-order valence-electron chi connectivity index (χ2n) is 6.83. The number of nitrogens with one attached hydrogen (secondary N) is 1. The molecule has 2 saturated heterocycles. The first-order valence-corrected chi connectivity index (χ1v) is 8.26. The highest BCUT2D eigenvalue weighted by Gasteiger charge is 2.44. The van der Waals surface area contributed by atoms with Gasteiger partial charge in [0.05, 0.1) is 19.2 Å². The highest BCUT2D eigenvalue weighted by Crippen LogP contribution is 2.33. The molecule has 3 aliphatic rings. The fraction of sp³-hybridized carbons (Fsp3) is 0.800. The van der Waals surface area contributed by atoms with E-state index in [1.54, 1.807) is 4.90 Å². The molecule has 0 aromatic heterocycles. The van der Waals surface area contributed by atoms with Gasteiger partial charge < -0.3 is 20.4 Å². The Kier molecular flexibility index (Phi) is 4.62. The molecule has 0 aromatic rings. The zero-order chi connectivity index (χ0) is 17.4. The Balaban J connectivity index is 1.60. The lowest BCUT2D eigenvalue weighted by atomic mass is 10.1. The van der Waals surface area contributed by atoms with Crippen LogP contribution in [-0.4, -0.2) is 81.9 Å². The predicted molar refractivity (Wildman–Crippen MR) is 79.9 cm³/mol. The molecule has 9 heteroatoms. The van der Waals surface area contributed by atoms with Gasteiger partial charge in [-0.3, -0.25) is 14.5 Å². The van der Waals surface area contributed by atoms with Crippen LogP contribution in [0.25, 0.3) is 0 Å². The summed E-state index contributed by atoms with van der Waals surface area (Å²) >= 11 is 0. The summed E-state index contributed by atoms with van der Waals surface area (Å²) < 4.78 is 13.5. The second kappa shape index (κ2) is 6.54. The van der Waals surface area contributed by atoms with Gasteiger partial charge in [0, 0.05) is 24.9 Å². The lowest BCUT2D eigenvalue weighted by molar-refractivity contribution is -0.134. The predicted octanol–water partition coefficient (Wildman–Crippen LogP) is -0.435. The van der Waals surface area contributed by atoms with Crippen molar-refractivity contribution in [2.24, 2.45) is 5.92 Å². The molecule has 4 atom stereocenters. The Morgan fingerprint density at radius 3 is 2.42 bits per heavy atom. The number of halogens is 1. The summed E-state index contributed by atoms with van der Waals surface area (Å²) in [4.78, 5) is 38.1. The molecule has 3 amide bonds. The molecule has 134 valence electrons. The fourth-order valence-corrected chi connectivity index (χ4v) is 3.57. The normalized spacial score (nSPS) is 32.9. The smallest absolute Gasteiger partial charge is 0.408 e. The quantitative estimate of drug-likeness (QED) is 0.641. The largest absolute Gasteiger partial charge is 0.465 e. The third-order valence-corrected chi connectivity index (χ3v) is 4.98. The molecule has 3 fully saturated rings. The molecule has 24 heavy (non-hydrogen) atoms. The molecule has 8 nitrogen and oxygen atoms in total. The molecule has 2 heterocycles. The van der Waals surface area contributed by atoms with Gasteiger partial charge in [-0.25, -0.2) is 9.18 Å². The second-order valence-corrected chi connectivity index (χ2v) is 6.83. The molecule has 0 radical (unpaired) electrons. The van der Waals surface area contributed by atoms with Crippen LogP contribution in [0.2, 0.25) is 0 Å². The van der Waals surface area contributed by atoms with E-state index in [9.17, 15) is 23.9 Å². The van der Waals surface area contributed by atoms with Crippen LogP contribution in [0.4, 0.5) is 9.18 Å². The summed E-state index contributed by atoms with van der Waals surface area (Å²) in [5, 5.41) is 21.2. The average Bonchev–Trinajstić information content (AvgIpc) is 3.19. The first kappa shape index (κ1) is 16.9. The van der Waals surface area contributed by atoms with E-state index in [2.05, 4.69) is 5.32 Å². The number of rotatable bonds is 4. The van der Waals surface area contributed by atoms with Crippen LogP contribution >= 0.6 is 0 Å². The van der Waals surface area contributed by atoms with Crippen molar-refractivity contribution >= 4 is 17.9 Å². The van der Waals surface area contributed by atoms with E-state index in [-0.39, 0.29) is 43.5 Å². The van der Waals surface area contributed by atoms with E-state index in [1.807, 2.05) is 0 Å². The van der Waals surface area contributed by atoms with Crippen molar-refractivity contribution in [2.75, 3.05) is 19.7 Å². The van der Waals surface area contributed by atoms with Crippen molar-refractivity contribution in [3.8, 4) is 0 Å². The highest BCUT2D eigenvalue weighted by atomic mass is 19.1. The zero-order valence-corrected chi connectivity index (χ0v) is 13.2. The van der Waals surface area contributed by atoms with E-state index in [0.717, 1.165) is 17.7 Å². The van der Waals surface area contributed by atoms with Crippen molar-refractivity contribution < 1.29 is 29.0 Å². The summed E-state index contributed by atoms with van der Waals surface area (Å²) in [7, 11) is 0. The Bertz CT molecular complexity index is 541. The molecular weight excluding hydrogens is 321 g/mol. The third kappa shape index (κ3) is 3.31. The summed E-state index contributed by atoms with van der Waals surface area (Å²) in [6, 6.07) is -1.73. The maximum Gasteiger partial charge on any atom is 0.408 e. The average molecular weight is 343 g/mol. The first-order valence-electron chi connectivity index (χ1n) is 8.26. The Morgan fingerprint density at radius 1 is 1.12 bits per heavy atom. The molecule has 1 aliphatic carbocycles. The van der Waals surface area contributed by atoms with Gasteiger partial charge in [0.25, 0.3) is 0 Å². The van der Waals surface area contributed by atoms with Crippen LogP contribution in [0, 0.1) is 5.92 Å². The number of aliphatic hydroxyl groups is 1. The molecule has 3 N–H and O–H groups in total. The molecular formula is C15H22FN3O5. The Labute approximate surface area is 138 Å². The molecule has 0 aromatic carbocycles. The van der Waals surface area contributed by atoms with Crippen molar-refractivity contribution in [3.05, 3.63) is 0 Å². The number of carbonyl (C=O) groups excluding carboxylic acids is 2. The number of alkyl halides is 1. The number of nitrogens with zero attached hydrogens (tertiary/aromatic N) is 2. The van der Waals surface area contributed by atoms with E-state index in [4.69, 9.17) is 5.11 Å². The summed E-state index contributed by atoms with van der Waals surface area (Å²) in [6.45, 7) is -0.184. The lowest BCUT2D eigenvalue weighted by Gasteiger charge is -2.23. The molecule has 2 aliphatic heterocycles. The van der Waals surface area contributed by atoms with E-state index < -0.39 is 24.2 Å². The lowest BCUT2D eigenvalue weighted by Crippen LogP contribution is -2.49. The van der Waals surface area contributed by atoms with Crippen molar-refractivity contribution in [1.29, 1.82) is 0 Å². The number of likely N-dealkylation sites (tertiary alicyclic amines) is 2. The third-order valence-electron chi connectivity index (χ3n) is 4.98. The number of carboxylic acid groups (broad SMARTS) is 1. The fourth-order valence-electron chi connectivity index (χ4n) is 3.57. The van der Waals surface area contributed by atoms with Crippen molar-refractivity contribution in [2.45, 2.75) is 50.0 Å². The summed E-state index contributed by atoms with van der Waals surface area (Å²) in [6.07, 6.45) is -0.687. The van der Waals surface area contributed by atoms with E-state index in [0.29, 0.717) is 13.0 Å². The zero-order valence-electron chi connectivity index (χ0n) is 13.2. The summed E-state index contributed by atoms with van der Waals surface area (Å²) in [5.41, 5.74) is 0. The van der Waals surface area contributed by atoms with E-state index >= 15 is 0 Å². The molecule has 0 bridgehead atoms. The van der Waals surface area contributed by atoms with Crippen LogP contribution in [-0.2, 0) is 9.59 Å². The Morgan fingerprint density at radius 2 is 1.83 bits per heavy atom. The maximum absolute atomic E-state index is 13.5. The van der Waals surface area contributed by atoms with Gasteiger partial charge in [-0.2, -0.15) is 0 Å². The van der Waals surface area contributed by atoms with E-state index in [1.165, 1.54) is 0 Å². The number of amides is 3. The number of carbonyl (C=O) groups is 3. The molecule has 3 rings (SSSR count). The Hall–Kier alpha value is -1.90.